The molecule has 0 saturated carbocycles. The summed E-state index contributed by atoms with van der Waals surface area (Å²) in [5.41, 5.74) is 10.8. The molecule has 0 bridgehead atoms. The summed E-state index contributed by atoms with van der Waals surface area (Å²) in [5, 5.41) is 3.30. The summed E-state index contributed by atoms with van der Waals surface area (Å²) in [5.74, 6) is 1.42. The first-order valence-corrected chi connectivity index (χ1v) is 10.1. The summed E-state index contributed by atoms with van der Waals surface area (Å²) in [4.78, 5) is 11.4. The Kier molecular flexibility index (Phi) is 6.87. The number of pyridine rings is 1. The molecule has 1 unspecified atom stereocenters. The van der Waals surface area contributed by atoms with E-state index in [-0.39, 0.29) is 6.10 Å². The van der Waals surface area contributed by atoms with Crippen molar-refractivity contribution in [1.29, 1.82) is 0 Å². The highest BCUT2D eigenvalue weighted by atomic mass is 16.5. The van der Waals surface area contributed by atoms with Crippen molar-refractivity contribution in [2.75, 3.05) is 29.9 Å². The van der Waals surface area contributed by atoms with E-state index in [0.717, 1.165) is 49.6 Å². The van der Waals surface area contributed by atoms with E-state index in [1.807, 2.05) is 12.3 Å². The highest BCUT2D eigenvalue weighted by molar-refractivity contribution is 5.93. The quantitative estimate of drug-likeness (QED) is 0.593. The molecular weight excluding hydrogens is 350 g/mol. The van der Waals surface area contributed by atoms with Crippen LogP contribution in [0.15, 0.2) is 41.5 Å². The summed E-state index contributed by atoms with van der Waals surface area (Å²) < 4.78 is 5.59. The zero-order chi connectivity index (χ0) is 19.9. The lowest BCUT2D eigenvalue weighted by atomic mass is 10.0. The van der Waals surface area contributed by atoms with Gasteiger partial charge in [-0.1, -0.05) is 38.1 Å². The highest BCUT2D eigenvalue weighted by Gasteiger charge is 2.17. The molecule has 0 aliphatic carbocycles. The van der Waals surface area contributed by atoms with Crippen LogP contribution in [0.4, 0.5) is 11.5 Å². The Morgan fingerprint density at radius 3 is 2.61 bits per heavy atom. The van der Waals surface area contributed by atoms with Gasteiger partial charge in [-0.15, -0.1) is 0 Å². The van der Waals surface area contributed by atoms with Gasteiger partial charge in [-0.3, -0.25) is 0 Å². The van der Waals surface area contributed by atoms with Crippen LogP contribution in [0.25, 0.3) is 0 Å². The van der Waals surface area contributed by atoms with Crippen LogP contribution in [0.1, 0.15) is 37.5 Å². The van der Waals surface area contributed by atoms with E-state index >= 15 is 0 Å². The van der Waals surface area contributed by atoms with E-state index in [0.29, 0.717) is 12.5 Å². The highest BCUT2D eigenvalue weighted by Crippen LogP contribution is 2.22. The van der Waals surface area contributed by atoms with Gasteiger partial charge >= 0.3 is 0 Å². The first-order valence-electron chi connectivity index (χ1n) is 10.1. The number of rotatable bonds is 6. The number of morpholine rings is 1. The van der Waals surface area contributed by atoms with Gasteiger partial charge in [0.15, 0.2) is 5.96 Å². The molecule has 3 N–H and O–H groups in total. The molecule has 150 valence electrons. The zero-order valence-corrected chi connectivity index (χ0v) is 17.1. The smallest absolute Gasteiger partial charge is 0.193 e. The van der Waals surface area contributed by atoms with Crippen LogP contribution in [-0.2, 0) is 24.1 Å². The van der Waals surface area contributed by atoms with Crippen molar-refractivity contribution >= 4 is 17.5 Å². The molecule has 0 radical (unpaired) electrons. The third-order valence-electron chi connectivity index (χ3n) is 5.06. The SMILES string of the molecule is CCc1cccc(CC)c1NC(N)=NCc1ccc(N2CCOC(C)C2)nc1. The topological polar surface area (TPSA) is 75.8 Å². The molecule has 1 aromatic carbocycles. The first kappa shape index (κ1) is 20.1. The Morgan fingerprint density at radius 1 is 1.25 bits per heavy atom. The van der Waals surface area contributed by atoms with E-state index in [1.54, 1.807) is 0 Å². The lowest BCUT2D eigenvalue weighted by Gasteiger charge is -2.32. The zero-order valence-electron chi connectivity index (χ0n) is 17.1. The fourth-order valence-corrected chi connectivity index (χ4v) is 3.47. The second kappa shape index (κ2) is 9.55. The average molecular weight is 382 g/mol. The average Bonchev–Trinajstić information content (AvgIpc) is 2.72. The van der Waals surface area contributed by atoms with E-state index in [2.05, 4.69) is 65.2 Å². The maximum absolute atomic E-state index is 6.16. The number of aliphatic imine (C=N–C) groups is 1. The van der Waals surface area contributed by atoms with E-state index in [9.17, 15) is 0 Å². The minimum Gasteiger partial charge on any atom is -0.375 e. The third kappa shape index (κ3) is 5.01. The summed E-state index contributed by atoms with van der Waals surface area (Å²) in [6.07, 6.45) is 4.03. The predicted octanol–water partition coefficient (Wildman–Crippen LogP) is 3.36. The van der Waals surface area contributed by atoms with Gasteiger partial charge < -0.3 is 20.7 Å². The largest absolute Gasteiger partial charge is 0.375 e. The molecule has 2 aromatic rings. The van der Waals surface area contributed by atoms with Gasteiger partial charge in [0.25, 0.3) is 0 Å². The summed E-state index contributed by atoms with van der Waals surface area (Å²) in [6.45, 7) is 9.38. The number of aryl methyl sites for hydroxylation is 2. The number of nitrogens with zero attached hydrogens (tertiary/aromatic N) is 3. The summed E-state index contributed by atoms with van der Waals surface area (Å²) in [6, 6.07) is 10.5. The Balaban J connectivity index is 1.64. The van der Waals surface area contributed by atoms with Crippen molar-refractivity contribution in [3.05, 3.63) is 53.2 Å². The number of guanidine groups is 1. The number of aromatic nitrogens is 1. The number of ether oxygens (including phenoxy) is 1. The number of nitrogens with one attached hydrogen (secondary N) is 1. The van der Waals surface area contributed by atoms with Gasteiger partial charge in [-0.05, 0) is 42.5 Å². The molecule has 1 aliphatic rings. The molecule has 0 spiro atoms. The van der Waals surface area contributed by atoms with E-state index < -0.39 is 0 Å². The maximum atomic E-state index is 6.16. The number of nitrogens with two attached hydrogens (primary N) is 1. The van der Waals surface area contributed by atoms with Gasteiger partial charge in [0.1, 0.15) is 5.82 Å². The van der Waals surface area contributed by atoms with Crippen LogP contribution >= 0.6 is 0 Å². The van der Waals surface area contributed by atoms with Gasteiger partial charge in [-0.2, -0.15) is 0 Å². The van der Waals surface area contributed by atoms with Crippen LogP contribution < -0.4 is 16.0 Å². The number of hydrogen-bond acceptors (Lipinski definition) is 4. The number of hydrogen-bond donors (Lipinski definition) is 2. The molecular formula is C22H31N5O. The maximum Gasteiger partial charge on any atom is 0.193 e. The minimum absolute atomic E-state index is 0.240. The van der Waals surface area contributed by atoms with E-state index in [4.69, 9.17) is 10.5 Å². The molecule has 3 rings (SSSR count). The molecule has 1 fully saturated rings. The lowest BCUT2D eigenvalue weighted by Crippen LogP contribution is -2.41. The molecule has 1 saturated heterocycles. The molecule has 6 heteroatoms. The van der Waals surface area contributed by atoms with Crippen molar-refractivity contribution in [3.8, 4) is 0 Å². The Morgan fingerprint density at radius 2 is 2.00 bits per heavy atom. The Hall–Kier alpha value is -2.60. The minimum atomic E-state index is 0.240. The monoisotopic (exact) mass is 381 g/mol. The second-order valence-electron chi connectivity index (χ2n) is 7.14. The Labute approximate surface area is 167 Å². The van der Waals surface area contributed by atoms with Crippen LogP contribution in [0.2, 0.25) is 0 Å². The first-order chi connectivity index (χ1) is 13.6. The van der Waals surface area contributed by atoms with Gasteiger partial charge in [0.05, 0.1) is 19.3 Å². The molecule has 6 nitrogen and oxygen atoms in total. The van der Waals surface area contributed by atoms with Crippen LogP contribution in [0.5, 0.6) is 0 Å². The molecule has 1 atom stereocenters. The molecule has 1 aromatic heterocycles. The van der Waals surface area contributed by atoms with Crippen molar-refractivity contribution in [2.45, 2.75) is 46.3 Å². The summed E-state index contributed by atoms with van der Waals surface area (Å²) in [7, 11) is 0. The van der Waals surface area contributed by atoms with Crippen molar-refractivity contribution in [3.63, 3.8) is 0 Å². The van der Waals surface area contributed by atoms with Crippen LogP contribution in [0, 0.1) is 0 Å². The summed E-state index contributed by atoms with van der Waals surface area (Å²) >= 11 is 0. The van der Waals surface area contributed by atoms with Gasteiger partial charge in [0, 0.05) is 25.0 Å². The van der Waals surface area contributed by atoms with Gasteiger partial charge in [0.2, 0.25) is 0 Å². The number of para-hydroxylation sites is 1. The van der Waals surface area contributed by atoms with Gasteiger partial charge in [-0.25, -0.2) is 9.98 Å². The van der Waals surface area contributed by atoms with Crippen molar-refractivity contribution in [1.82, 2.24) is 4.98 Å². The van der Waals surface area contributed by atoms with E-state index in [1.165, 1.54) is 11.1 Å². The molecule has 1 aliphatic heterocycles. The molecule has 28 heavy (non-hydrogen) atoms. The normalized spacial score (nSPS) is 17.6. The van der Waals surface area contributed by atoms with Crippen molar-refractivity contribution in [2.24, 2.45) is 10.7 Å². The fraction of sp³-hybridized carbons (Fsp3) is 0.455. The van der Waals surface area contributed by atoms with Crippen molar-refractivity contribution < 1.29 is 4.74 Å². The standard InChI is InChI=1S/C22H31N5O/c1-4-18-7-6-8-19(5-2)21(18)26-22(23)25-14-17-9-10-20(24-13-17)27-11-12-28-16(3)15-27/h6-10,13,16H,4-5,11-12,14-15H2,1-3H3,(H3,23,25,26). The van der Waals surface area contributed by atoms with Crippen LogP contribution in [-0.4, -0.2) is 36.7 Å². The second-order valence-corrected chi connectivity index (χ2v) is 7.14. The number of benzene rings is 1. The predicted molar refractivity (Wildman–Crippen MR) is 116 cm³/mol. The molecule has 0 amide bonds. The lowest BCUT2D eigenvalue weighted by molar-refractivity contribution is 0.0529. The fourth-order valence-electron chi connectivity index (χ4n) is 3.47. The van der Waals surface area contributed by atoms with Crippen LogP contribution in [0.3, 0.4) is 0 Å². The number of anilines is 2. The Bertz CT molecular complexity index is 781. The third-order valence-corrected chi connectivity index (χ3v) is 5.06. The molecule has 2 heterocycles.